The van der Waals surface area contributed by atoms with Crippen molar-refractivity contribution in [1.82, 2.24) is 0 Å². The van der Waals surface area contributed by atoms with Crippen molar-refractivity contribution < 1.29 is 13.2 Å². The third-order valence-corrected chi connectivity index (χ3v) is 1.99. The van der Waals surface area contributed by atoms with Gasteiger partial charge in [0.25, 0.3) is 0 Å². The van der Waals surface area contributed by atoms with Gasteiger partial charge in [0.2, 0.25) is 0 Å². The molecule has 0 aliphatic carbocycles. The number of benzene rings is 1. The summed E-state index contributed by atoms with van der Waals surface area (Å²) in [5.41, 5.74) is 5.08. The highest BCUT2D eigenvalue weighted by atomic mass is 35.5. The second kappa shape index (κ2) is 3.79. The van der Waals surface area contributed by atoms with Crippen molar-refractivity contribution in [3.8, 4) is 0 Å². The van der Waals surface area contributed by atoms with E-state index in [-0.39, 0.29) is 5.02 Å². The summed E-state index contributed by atoms with van der Waals surface area (Å²) in [6.45, 7) is 1.60. The van der Waals surface area contributed by atoms with Crippen molar-refractivity contribution >= 4 is 11.6 Å². The Morgan fingerprint density at radius 3 is 2.29 bits per heavy atom. The van der Waals surface area contributed by atoms with Crippen molar-refractivity contribution in [2.75, 3.05) is 0 Å². The summed E-state index contributed by atoms with van der Waals surface area (Å²) in [5, 5.41) is 0.0483. The zero-order valence-electron chi connectivity index (χ0n) is 7.40. The molecular weight excluding hydrogens is 215 g/mol. The minimum absolute atomic E-state index is 0.0483. The molecule has 1 atom stereocenters. The highest BCUT2D eigenvalue weighted by molar-refractivity contribution is 6.30. The first-order valence-electron chi connectivity index (χ1n) is 3.94. The zero-order valence-corrected chi connectivity index (χ0v) is 8.15. The van der Waals surface area contributed by atoms with Gasteiger partial charge in [-0.2, -0.15) is 13.2 Å². The lowest BCUT2D eigenvalue weighted by Gasteiger charge is -2.11. The number of hydrogen-bond acceptors (Lipinski definition) is 1. The van der Waals surface area contributed by atoms with Gasteiger partial charge in [0.15, 0.2) is 0 Å². The molecule has 0 saturated carbocycles. The molecule has 0 unspecified atom stereocenters. The molecule has 0 bridgehead atoms. The third kappa shape index (κ3) is 2.62. The number of hydrogen-bond donors (Lipinski definition) is 1. The first-order chi connectivity index (χ1) is 6.30. The van der Waals surface area contributed by atoms with Crippen LogP contribution in [0.15, 0.2) is 18.2 Å². The van der Waals surface area contributed by atoms with E-state index in [1.54, 1.807) is 6.92 Å². The maximum absolute atomic E-state index is 12.3. The standard InChI is InChI=1S/C9H9ClF3N/c1-5(14)6-2-7(9(11,12)13)4-8(10)3-6/h2-5H,14H2,1H3/t5-/m1/s1. The van der Waals surface area contributed by atoms with Crippen molar-refractivity contribution in [3.05, 3.63) is 34.3 Å². The van der Waals surface area contributed by atoms with Gasteiger partial charge < -0.3 is 5.73 Å². The summed E-state index contributed by atoms with van der Waals surface area (Å²) in [4.78, 5) is 0. The normalized spacial score (nSPS) is 14.1. The number of halogens is 4. The summed E-state index contributed by atoms with van der Waals surface area (Å²) in [6.07, 6.45) is -4.38. The highest BCUT2D eigenvalue weighted by Gasteiger charge is 2.31. The Morgan fingerprint density at radius 2 is 1.86 bits per heavy atom. The summed E-state index contributed by atoms with van der Waals surface area (Å²) in [7, 11) is 0. The Hall–Kier alpha value is -0.740. The fourth-order valence-corrected chi connectivity index (χ4v) is 1.28. The molecule has 0 amide bonds. The molecular formula is C9H9ClF3N. The second-order valence-electron chi connectivity index (χ2n) is 3.06. The molecule has 0 aromatic heterocycles. The van der Waals surface area contributed by atoms with E-state index in [0.717, 1.165) is 12.1 Å². The van der Waals surface area contributed by atoms with Gasteiger partial charge in [0.1, 0.15) is 0 Å². The molecule has 0 spiro atoms. The fourth-order valence-electron chi connectivity index (χ4n) is 1.04. The van der Waals surface area contributed by atoms with Crippen LogP contribution in [0.3, 0.4) is 0 Å². The Balaban J connectivity index is 3.21. The predicted octanol–water partition coefficient (Wildman–Crippen LogP) is 3.38. The lowest BCUT2D eigenvalue weighted by atomic mass is 10.1. The lowest BCUT2D eigenvalue weighted by Crippen LogP contribution is -2.09. The molecule has 0 saturated heterocycles. The summed E-state index contributed by atoms with van der Waals surface area (Å²) >= 11 is 5.54. The van der Waals surface area contributed by atoms with Crippen LogP contribution in [0.25, 0.3) is 0 Å². The van der Waals surface area contributed by atoms with Crippen LogP contribution in [0.4, 0.5) is 13.2 Å². The van der Waals surface area contributed by atoms with Crippen LogP contribution in [0, 0.1) is 0 Å². The van der Waals surface area contributed by atoms with Gasteiger partial charge in [-0.1, -0.05) is 11.6 Å². The first-order valence-corrected chi connectivity index (χ1v) is 4.32. The minimum atomic E-state index is -4.38. The molecule has 0 radical (unpaired) electrons. The number of nitrogens with two attached hydrogens (primary N) is 1. The molecule has 0 aliphatic rings. The maximum Gasteiger partial charge on any atom is 0.416 e. The van der Waals surface area contributed by atoms with Crippen LogP contribution in [0.2, 0.25) is 5.02 Å². The van der Waals surface area contributed by atoms with Gasteiger partial charge >= 0.3 is 6.18 Å². The van der Waals surface area contributed by atoms with E-state index in [1.165, 1.54) is 6.07 Å². The van der Waals surface area contributed by atoms with Crippen LogP contribution in [-0.4, -0.2) is 0 Å². The second-order valence-corrected chi connectivity index (χ2v) is 3.50. The Bertz CT molecular complexity index is 333. The lowest BCUT2D eigenvalue weighted by molar-refractivity contribution is -0.137. The molecule has 2 N–H and O–H groups in total. The average Bonchev–Trinajstić information content (AvgIpc) is 2.01. The molecule has 0 fully saturated rings. The predicted molar refractivity (Wildman–Crippen MR) is 49.1 cm³/mol. The monoisotopic (exact) mass is 223 g/mol. The fraction of sp³-hybridized carbons (Fsp3) is 0.333. The Morgan fingerprint density at radius 1 is 1.29 bits per heavy atom. The van der Waals surface area contributed by atoms with Gasteiger partial charge in [-0.25, -0.2) is 0 Å². The summed E-state index contributed by atoms with van der Waals surface area (Å²) in [6, 6.07) is 2.86. The topological polar surface area (TPSA) is 26.0 Å². The highest BCUT2D eigenvalue weighted by Crippen LogP contribution is 2.32. The quantitative estimate of drug-likeness (QED) is 0.776. The van der Waals surface area contributed by atoms with Crippen LogP contribution >= 0.6 is 11.6 Å². The van der Waals surface area contributed by atoms with E-state index in [2.05, 4.69) is 0 Å². The molecule has 78 valence electrons. The molecule has 14 heavy (non-hydrogen) atoms. The molecule has 1 nitrogen and oxygen atoms in total. The van der Waals surface area contributed by atoms with E-state index in [9.17, 15) is 13.2 Å². The zero-order chi connectivity index (χ0) is 10.9. The Labute approximate surface area is 84.7 Å². The van der Waals surface area contributed by atoms with Crippen molar-refractivity contribution in [3.63, 3.8) is 0 Å². The van der Waals surface area contributed by atoms with Crippen molar-refractivity contribution in [1.29, 1.82) is 0 Å². The van der Waals surface area contributed by atoms with Crippen LogP contribution in [0.5, 0.6) is 0 Å². The summed E-state index contributed by atoms with van der Waals surface area (Å²) < 4.78 is 36.9. The summed E-state index contributed by atoms with van der Waals surface area (Å²) in [5.74, 6) is 0. The first kappa shape index (κ1) is 11.3. The minimum Gasteiger partial charge on any atom is -0.324 e. The van der Waals surface area contributed by atoms with Crippen LogP contribution < -0.4 is 5.73 Å². The largest absolute Gasteiger partial charge is 0.416 e. The van der Waals surface area contributed by atoms with Gasteiger partial charge in [-0.05, 0) is 30.7 Å². The molecule has 5 heteroatoms. The SMILES string of the molecule is C[C@@H](N)c1cc(Cl)cc(C(F)(F)F)c1. The van der Waals surface area contributed by atoms with E-state index >= 15 is 0 Å². The van der Waals surface area contributed by atoms with E-state index in [4.69, 9.17) is 17.3 Å². The smallest absolute Gasteiger partial charge is 0.324 e. The van der Waals surface area contributed by atoms with Crippen molar-refractivity contribution in [2.24, 2.45) is 5.73 Å². The van der Waals surface area contributed by atoms with Gasteiger partial charge in [0.05, 0.1) is 5.56 Å². The van der Waals surface area contributed by atoms with E-state index in [1.807, 2.05) is 0 Å². The van der Waals surface area contributed by atoms with E-state index < -0.39 is 17.8 Å². The van der Waals surface area contributed by atoms with Crippen molar-refractivity contribution in [2.45, 2.75) is 19.1 Å². The van der Waals surface area contributed by atoms with Crippen LogP contribution in [0.1, 0.15) is 24.1 Å². The molecule has 1 rings (SSSR count). The van der Waals surface area contributed by atoms with Crippen LogP contribution in [-0.2, 0) is 6.18 Å². The van der Waals surface area contributed by atoms with E-state index in [0.29, 0.717) is 5.56 Å². The molecule has 0 aliphatic heterocycles. The molecule has 0 heterocycles. The molecule has 1 aromatic rings. The molecule has 1 aromatic carbocycles. The average molecular weight is 224 g/mol. The third-order valence-electron chi connectivity index (χ3n) is 1.77. The maximum atomic E-state index is 12.3. The van der Waals surface area contributed by atoms with Gasteiger partial charge in [0, 0.05) is 11.1 Å². The number of rotatable bonds is 1. The Kier molecular flexibility index (Phi) is 3.07. The van der Waals surface area contributed by atoms with Gasteiger partial charge in [-0.15, -0.1) is 0 Å². The van der Waals surface area contributed by atoms with Gasteiger partial charge in [-0.3, -0.25) is 0 Å². The number of alkyl halides is 3.